The largest absolute Gasteiger partial charge is 0.416 e. The molecule has 0 radical (unpaired) electrons. The third-order valence-corrected chi connectivity index (χ3v) is 6.21. The van der Waals surface area contributed by atoms with Crippen LogP contribution in [0.2, 0.25) is 10.0 Å². The molecule has 1 heterocycles. The molecule has 1 N–H and O–H groups in total. The Labute approximate surface area is 190 Å². The maximum absolute atomic E-state index is 13.2. The maximum Gasteiger partial charge on any atom is 0.416 e. The molecular formula is C21H18Cl2F6N2O. The van der Waals surface area contributed by atoms with E-state index in [1.165, 1.54) is 11.9 Å². The predicted octanol–water partition coefficient (Wildman–Crippen LogP) is 6.25. The van der Waals surface area contributed by atoms with Crippen LogP contribution in [0.15, 0.2) is 36.4 Å². The fourth-order valence-corrected chi connectivity index (χ4v) is 4.13. The van der Waals surface area contributed by atoms with E-state index in [1.807, 2.05) is 0 Å². The lowest BCUT2D eigenvalue weighted by atomic mass is 9.85. The molecule has 2 atom stereocenters. The van der Waals surface area contributed by atoms with Crippen LogP contribution in [-0.2, 0) is 12.4 Å². The van der Waals surface area contributed by atoms with Gasteiger partial charge in [0.25, 0.3) is 5.91 Å². The number of nitrogens with zero attached hydrogens (tertiary/aromatic N) is 1. The van der Waals surface area contributed by atoms with Crippen molar-refractivity contribution in [2.75, 3.05) is 20.1 Å². The zero-order chi connectivity index (χ0) is 23.8. The first-order chi connectivity index (χ1) is 14.8. The minimum Gasteiger partial charge on any atom is -0.338 e. The van der Waals surface area contributed by atoms with Crippen molar-refractivity contribution in [2.45, 2.75) is 30.7 Å². The van der Waals surface area contributed by atoms with Crippen molar-refractivity contribution in [3.63, 3.8) is 0 Å². The van der Waals surface area contributed by atoms with Crippen LogP contribution in [0.4, 0.5) is 26.3 Å². The summed E-state index contributed by atoms with van der Waals surface area (Å²) in [4.78, 5) is 14.2. The van der Waals surface area contributed by atoms with Crippen LogP contribution in [-0.4, -0.2) is 37.0 Å². The van der Waals surface area contributed by atoms with Gasteiger partial charge in [-0.25, -0.2) is 0 Å². The molecule has 3 nitrogen and oxygen atoms in total. The van der Waals surface area contributed by atoms with E-state index in [0.717, 1.165) is 5.56 Å². The summed E-state index contributed by atoms with van der Waals surface area (Å²) in [6, 6.07) is 5.37. The molecule has 3 rings (SSSR count). The number of amides is 1. The summed E-state index contributed by atoms with van der Waals surface area (Å²) >= 11 is 12.0. The van der Waals surface area contributed by atoms with E-state index >= 15 is 0 Å². The van der Waals surface area contributed by atoms with Crippen LogP contribution in [0.3, 0.4) is 0 Å². The van der Waals surface area contributed by atoms with Gasteiger partial charge in [0.1, 0.15) is 0 Å². The second-order valence-corrected chi connectivity index (χ2v) is 8.37. The first-order valence-corrected chi connectivity index (χ1v) is 10.3. The van der Waals surface area contributed by atoms with E-state index in [-0.39, 0.29) is 12.0 Å². The molecule has 0 bridgehead atoms. The third-order valence-electron chi connectivity index (χ3n) is 5.47. The van der Waals surface area contributed by atoms with Gasteiger partial charge in [0.05, 0.1) is 21.2 Å². The molecule has 32 heavy (non-hydrogen) atoms. The van der Waals surface area contributed by atoms with Gasteiger partial charge in [-0.05, 0) is 48.9 Å². The van der Waals surface area contributed by atoms with Gasteiger partial charge in [0, 0.05) is 31.1 Å². The highest BCUT2D eigenvalue weighted by atomic mass is 35.5. The Morgan fingerprint density at radius 3 is 2.09 bits per heavy atom. The van der Waals surface area contributed by atoms with E-state index in [0.29, 0.717) is 41.7 Å². The van der Waals surface area contributed by atoms with Gasteiger partial charge in [0.15, 0.2) is 0 Å². The molecule has 1 amide bonds. The summed E-state index contributed by atoms with van der Waals surface area (Å²) in [6.07, 6.45) is -9.63. The van der Waals surface area contributed by atoms with Crippen LogP contribution < -0.4 is 5.32 Å². The van der Waals surface area contributed by atoms with Crippen molar-refractivity contribution >= 4 is 29.1 Å². The Bertz CT molecular complexity index is 977. The topological polar surface area (TPSA) is 32.3 Å². The minimum absolute atomic E-state index is 0.000176. The minimum atomic E-state index is -5.04. The smallest absolute Gasteiger partial charge is 0.338 e. The zero-order valence-corrected chi connectivity index (χ0v) is 18.1. The summed E-state index contributed by atoms with van der Waals surface area (Å²) in [6.45, 7) is 0.965. The number of hydrogen-bond acceptors (Lipinski definition) is 2. The molecule has 0 spiro atoms. The molecule has 0 saturated carbocycles. The number of nitrogens with one attached hydrogen (secondary N) is 1. The number of piperidine rings is 1. The number of carbonyl (C=O) groups is 1. The quantitative estimate of drug-likeness (QED) is 0.507. The van der Waals surface area contributed by atoms with Gasteiger partial charge in [0.2, 0.25) is 0 Å². The summed E-state index contributed by atoms with van der Waals surface area (Å²) < 4.78 is 79.1. The summed E-state index contributed by atoms with van der Waals surface area (Å²) in [5.74, 6) is -1.22. The zero-order valence-electron chi connectivity index (χ0n) is 16.6. The normalized spacial score (nSPS) is 19.7. The van der Waals surface area contributed by atoms with Gasteiger partial charge in [-0.15, -0.1) is 0 Å². The molecule has 1 aliphatic heterocycles. The lowest BCUT2D eigenvalue weighted by molar-refractivity contribution is -0.143. The van der Waals surface area contributed by atoms with E-state index in [4.69, 9.17) is 23.2 Å². The number of rotatable bonds is 3. The average molecular weight is 499 g/mol. The fourth-order valence-electron chi connectivity index (χ4n) is 3.82. The van der Waals surface area contributed by atoms with Gasteiger partial charge in [-0.1, -0.05) is 29.3 Å². The monoisotopic (exact) mass is 498 g/mol. The molecule has 1 saturated heterocycles. The molecule has 2 aromatic rings. The second-order valence-electron chi connectivity index (χ2n) is 7.55. The highest BCUT2D eigenvalue weighted by Gasteiger charge is 2.39. The molecule has 11 heteroatoms. The third kappa shape index (κ3) is 5.32. The molecule has 0 aliphatic carbocycles. The van der Waals surface area contributed by atoms with Crippen LogP contribution in [0.5, 0.6) is 0 Å². The van der Waals surface area contributed by atoms with Crippen LogP contribution in [0, 0.1) is 0 Å². The molecule has 1 fully saturated rings. The number of hydrogen-bond donors (Lipinski definition) is 1. The Morgan fingerprint density at radius 2 is 1.56 bits per heavy atom. The van der Waals surface area contributed by atoms with Gasteiger partial charge < -0.3 is 10.2 Å². The first-order valence-electron chi connectivity index (χ1n) is 9.51. The summed E-state index contributed by atoms with van der Waals surface area (Å²) in [5, 5.41) is 3.82. The standard InChI is InChI=1S/C21H18Cl2F6N2O/c1-31(18-4-5-30-10-15(18)11-2-3-16(22)17(23)8-11)19(32)12-6-13(20(24,25)26)9-14(7-12)21(27,28)29/h2-3,6-9,15,18,30H,4-5,10H2,1H3/t15-,18+/m1/s1. The fraction of sp³-hybridized carbons (Fsp3) is 0.381. The van der Waals surface area contributed by atoms with Crippen molar-refractivity contribution in [1.82, 2.24) is 10.2 Å². The van der Waals surface area contributed by atoms with Gasteiger partial charge in [-0.2, -0.15) is 26.3 Å². The Morgan fingerprint density at radius 1 is 0.969 bits per heavy atom. The molecule has 0 unspecified atom stereocenters. The number of likely N-dealkylation sites (N-methyl/N-ethyl adjacent to an activating group) is 1. The summed E-state index contributed by atoms with van der Waals surface area (Å²) in [7, 11) is 1.37. The Balaban J connectivity index is 1.97. The van der Waals surface area contributed by atoms with E-state index in [1.54, 1.807) is 18.2 Å². The number of benzene rings is 2. The van der Waals surface area contributed by atoms with Crippen molar-refractivity contribution in [1.29, 1.82) is 0 Å². The first kappa shape index (κ1) is 24.7. The molecule has 2 aromatic carbocycles. The second kappa shape index (κ2) is 9.11. The highest BCUT2D eigenvalue weighted by Crippen LogP contribution is 2.37. The lowest BCUT2D eigenvalue weighted by Crippen LogP contribution is -2.49. The number of carbonyl (C=O) groups excluding carboxylic acids is 1. The average Bonchev–Trinajstić information content (AvgIpc) is 2.73. The van der Waals surface area contributed by atoms with Crippen molar-refractivity contribution in [3.8, 4) is 0 Å². The number of halogens is 8. The molecule has 174 valence electrons. The van der Waals surface area contributed by atoms with Crippen molar-refractivity contribution < 1.29 is 31.1 Å². The maximum atomic E-state index is 13.2. The predicted molar refractivity (Wildman–Crippen MR) is 109 cm³/mol. The van der Waals surface area contributed by atoms with Gasteiger partial charge >= 0.3 is 12.4 Å². The molecular weight excluding hydrogens is 481 g/mol. The number of alkyl halides is 6. The van der Waals surface area contributed by atoms with E-state index in [9.17, 15) is 31.1 Å². The highest BCUT2D eigenvalue weighted by molar-refractivity contribution is 6.42. The van der Waals surface area contributed by atoms with E-state index in [2.05, 4.69) is 5.32 Å². The SMILES string of the molecule is CN(C(=O)c1cc(C(F)(F)F)cc(C(F)(F)F)c1)[C@H]1CCNC[C@@H]1c1ccc(Cl)c(Cl)c1. The summed E-state index contributed by atoms with van der Waals surface area (Å²) in [5.41, 5.74) is -3.00. The Kier molecular flexibility index (Phi) is 7.02. The van der Waals surface area contributed by atoms with Gasteiger partial charge in [-0.3, -0.25) is 4.79 Å². The van der Waals surface area contributed by atoms with Crippen LogP contribution in [0.1, 0.15) is 39.4 Å². The molecule has 0 aromatic heterocycles. The van der Waals surface area contributed by atoms with E-state index < -0.39 is 41.0 Å². The molecule has 1 aliphatic rings. The lowest BCUT2D eigenvalue weighted by Gasteiger charge is -2.39. The Hall–Kier alpha value is -1.97. The van der Waals surface area contributed by atoms with Crippen molar-refractivity contribution in [3.05, 3.63) is 68.7 Å². The van der Waals surface area contributed by atoms with Crippen LogP contribution in [0.25, 0.3) is 0 Å². The van der Waals surface area contributed by atoms with Crippen molar-refractivity contribution in [2.24, 2.45) is 0 Å². The van der Waals surface area contributed by atoms with Crippen LogP contribution >= 0.6 is 23.2 Å².